The maximum absolute atomic E-state index is 11.8. The van der Waals surface area contributed by atoms with Gasteiger partial charge in [0, 0.05) is 31.1 Å². The zero-order chi connectivity index (χ0) is 12.3. The van der Waals surface area contributed by atoms with E-state index in [1.54, 1.807) is 4.90 Å². The first kappa shape index (κ1) is 12.4. The second-order valence-corrected chi connectivity index (χ2v) is 4.68. The van der Waals surface area contributed by atoms with Gasteiger partial charge in [-0.1, -0.05) is 12.1 Å². The number of benzene rings is 1. The van der Waals surface area contributed by atoms with Crippen molar-refractivity contribution >= 4 is 23.2 Å². The molecule has 0 spiro atoms. The lowest BCUT2D eigenvalue weighted by atomic mass is 10.1. The predicted molar refractivity (Wildman–Crippen MR) is 68.4 cm³/mol. The fraction of sp³-hybridized carbons (Fsp3) is 0.462. The van der Waals surface area contributed by atoms with Gasteiger partial charge >= 0.3 is 0 Å². The van der Waals surface area contributed by atoms with E-state index in [4.69, 9.17) is 16.7 Å². The van der Waals surface area contributed by atoms with Gasteiger partial charge in [0.2, 0.25) is 5.91 Å². The Morgan fingerprint density at radius 3 is 2.59 bits per heavy atom. The van der Waals surface area contributed by atoms with E-state index in [0.717, 1.165) is 11.3 Å². The van der Waals surface area contributed by atoms with Gasteiger partial charge in [-0.15, -0.1) is 11.6 Å². The SMILES string of the molecule is O=C1CC(CCl)CN1c1ccc(CCO)cc1. The van der Waals surface area contributed by atoms with Crippen LogP contribution in [0.15, 0.2) is 24.3 Å². The Balaban J connectivity index is 2.09. The summed E-state index contributed by atoms with van der Waals surface area (Å²) < 4.78 is 0. The summed E-state index contributed by atoms with van der Waals surface area (Å²) in [6.07, 6.45) is 1.19. The number of alkyl halides is 1. The fourth-order valence-corrected chi connectivity index (χ4v) is 2.31. The number of nitrogens with zero attached hydrogens (tertiary/aromatic N) is 1. The van der Waals surface area contributed by atoms with Crippen LogP contribution in [0.3, 0.4) is 0 Å². The molecular weight excluding hydrogens is 238 g/mol. The summed E-state index contributed by atoms with van der Waals surface area (Å²) in [6.45, 7) is 0.859. The highest BCUT2D eigenvalue weighted by molar-refractivity contribution is 6.18. The highest BCUT2D eigenvalue weighted by Crippen LogP contribution is 2.25. The highest BCUT2D eigenvalue weighted by atomic mass is 35.5. The van der Waals surface area contributed by atoms with Crippen molar-refractivity contribution in [2.45, 2.75) is 12.8 Å². The first-order valence-corrected chi connectivity index (χ1v) is 6.34. The molecule has 1 saturated heterocycles. The Morgan fingerprint density at radius 1 is 1.35 bits per heavy atom. The van der Waals surface area contributed by atoms with Gasteiger partial charge in [-0.05, 0) is 30.0 Å². The summed E-state index contributed by atoms with van der Waals surface area (Å²) in [7, 11) is 0. The summed E-state index contributed by atoms with van der Waals surface area (Å²) in [5.41, 5.74) is 2.00. The Hall–Kier alpha value is -1.06. The predicted octanol–water partition coefficient (Wildman–Crippen LogP) is 1.81. The van der Waals surface area contributed by atoms with Gasteiger partial charge in [-0.25, -0.2) is 0 Å². The second-order valence-electron chi connectivity index (χ2n) is 4.37. The van der Waals surface area contributed by atoms with Gasteiger partial charge in [0.1, 0.15) is 0 Å². The molecular formula is C13H16ClNO2. The molecule has 1 unspecified atom stereocenters. The van der Waals surface area contributed by atoms with E-state index in [1.807, 2.05) is 24.3 Å². The van der Waals surface area contributed by atoms with Crippen molar-refractivity contribution in [3.63, 3.8) is 0 Å². The Labute approximate surface area is 106 Å². The average Bonchev–Trinajstić information content (AvgIpc) is 2.72. The third-order valence-electron chi connectivity index (χ3n) is 3.07. The van der Waals surface area contributed by atoms with Crippen molar-refractivity contribution in [3.05, 3.63) is 29.8 Å². The lowest BCUT2D eigenvalue weighted by Crippen LogP contribution is -2.24. The van der Waals surface area contributed by atoms with Gasteiger partial charge < -0.3 is 10.0 Å². The first-order chi connectivity index (χ1) is 8.24. The molecule has 0 saturated carbocycles. The zero-order valence-electron chi connectivity index (χ0n) is 9.60. The van der Waals surface area contributed by atoms with Crippen LogP contribution in [-0.2, 0) is 11.2 Å². The van der Waals surface area contributed by atoms with Crippen LogP contribution in [-0.4, -0.2) is 30.0 Å². The smallest absolute Gasteiger partial charge is 0.227 e. The van der Waals surface area contributed by atoms with E-state index >= 15 is 0 Å². The standard InChI is InChI=1S/C13H16ClNO2/c14-8-11-7-13(17)15(9-11)12-3-1-10(2-4-12)5-6-16/h1-4,11,16H,5-9H2. The molecule has 1 N–H and O–H groups in total. The Bertz CT molecular complexity index is 391. The molecule has 2 rings (SSSR count). The van der Waals surface area contributed by atoms with E-state index in [9.17, 15) is 4.79 Å². The van der Waals surface area contributed by atoms with Crippen LogP contribution >= 0.6 is 11.6 Å². The molecule has 92 valence electrons. The quantitative estimate of drug-likeness (QED) is 0.832. The van der Waals surface area contributed by atoms with Crippen LogP contribution in [0.4, 0.5) is 5.69 Å². The van der Waals surface area contributed by atoms with E-state index in [2.05, 4.69) is 0 Å². The van der Waals surface area contributed by atoms with E-state index in [1.165, 1.54) is 0 Å². The number of carbonyl (C=O) groups excluding carboxylic acids is 1. The third kappa shape index (κ3) is 2.79. The van der Waals surface area contributed by atoms with Crippen molar-refractivity contribution < 1.29 is 9.90 Å². The molecule has 4 heteroatoms. The molecule has 1 heterocycles. The molecule has 3 nitrogen and oxygen atoms in total. The van der Waals surface area contributed by atoms with Crippen LogP contribution < -0.4 is 4.90 Å². The molecule has 1 amide bonds. The van der Waals surface area contributed by atoms with Crippen molar-refractivity contribution in [3.8, 4) is 0 Å². The van der Waals surface area contributed by atoms with Crippen LogP contribution in [0.1, 0.15) is 12.0 Å². The molecule has 1 aromatic carbocycles. The number of hydrogen-bond acceptors (Lipinski definition) is 2. The minimum atomic E-state index is 0.144. The maximum Gasteiger partial charge on any atom is 0.227 e. The molecule has 1 atom stereocenters. The number of hydrogen-bond donors (Lipinski definition) is 1. The highest BCUT2D eigenvalue weighted by Gasteiger charge is 2.29. The summed E-state index contributed by atoms with van der Waals surface area (Å²) in [5, 5.41) is 8.83. The van der Waals surface area contributed by atoms with Crippen LogP contribution in [0.25, 0.3) is 0 Å². The summed E-state index contributed by atoms with van der Waals surface area (Å²) >= 11 is 5.79. The summed E-state index contributed by atoms with van der Waals surface area (Å²) in [5.74, 6) is 0.942. The topological polar surface area (TPSA) is 40.5 Å². The summed E-state index contributed by atoms with van der Waals surface area (Å²) in [4.78, 5) is 13.6. The normalized spacial score (nSPS) is 20.0. The number of anilines is 1. The van der Waals surface area contributed by atoms with Gasteiger partial charge in [-0.2, -0.15) is 0 Å². The van der Waals surface area contributed by atoms with Crippen LogP contribution in [0.2, 0.25) is 0 Å². The Kier molecular flexibility index (Phi) is 4.02. The van der Waals surface area contributed by atoms with E-state index in [0.29, 0.717) is 25.3 Å². The molecule has 1 aliphatic heterocycles. The molecule has 0 aromatic heterocycles. The number of carbonyl (C=O) groups is 1. The largest absolute Gasteiger partial charge is 0.396 e. The van der Waals surface area contributed by atoms with Crippen molar-refractivity contribution in [1.82, 2.24) is 0 Å². The average molecular weight is 254 g/mol. The zero-order valence-corrected chi connectivity index (χ0v) is 10.4. The third-order valence-corrected chi connectivity index (χ3v) is 3.51. The second kappa shape index (κ2) is 5.52. The number of aliphatic hydroxyl groups excluding tert-OH is 1. The van der Waals surface area contributed by atoms with Gasteiger partial charge in [0.25, 0.3) is 0 Å². The molecule has 0 aliphatic carbocycles. The minimum Gasteiger partial charge on any atom is -0.396 e. The van der Waals surface area contributed by atoms with E-state index in [-0.39, 0.29) is 18.4 Å². The van der Waals surface area contributed by atoms with Crippen LogP contribution in [0.5, 0.6) is 0 Å². The lowest BCUT2D eigenvalue weighted by Gasteiger charge is -2.16. The van der Waals surface area contributed by atoms with Crippen molar-refractivity contribution in [2.75, 3.05) is 23.9 Å². The van der Waals surface area contributed by atoms with Crippen LogP contribution in [0, 0.1) is 5.92 Å². The van der Waals surface area contributed by atoms with Gasteiger partial charge in [0.15, 0.2) is 0 Å². The van der Waals surface area contributed by atoms with Crippen molar-refractivity contribution in [2.24, 2.45) is 5.92 Å². The number of aliphatic hydroxyl groups is 1. The maximum atomic E-state index is 11.8. The van der Waals surface area contributed by atoms with Gasteiger partial charge in [-0.3, -0.25) is 4.79 Å². The first-order valence-electron chi connectivity index (χ1n) is 5.80. The molecule has 17 heavy (non-hydrogen) atoms. The number of rotatable bonds is 4. The molecule has 0 radical (unpaired) electrons. The number of amides is 1. The monoisotopic (exact) mass is 253 g/mol. The van der Waals surface area contributed by atoms with E-state index < -0.39 is 0 Å². The molecule has 0 bridgehead atoms. The molecule has 1 fully saturated rings. The molecule has 1 aliphatic rings. The molecule has 1 aromatic rings. The Morgan fingerprint density at radius 2 is 2.06 bits per heavy atom. The van der Waals surface area contributed by atoms with Gasteiger partial charge in [0.05, 0.1) is 0 Å². The number of halogens is 1. The fourth-order valence-electron chi connectivity index (χ4n) is 2.11. The van der Waals surface area contributed by atoms with Crippen molar-refractivity contribution in [1.29, 1.82) is 0 Å². The lowest BCUT2D eigenvalue weighted by molar-refractivity contribution is -0.117. The minimum absolute atomic E-state index is 0.144. The summed E-state index contributed by atoms with van der Waals surface area (Å²) in [6, 6.07) is 7.76.